The summed E-state index contributed by atoms with van der Waals surface area (Å²) >= 11 is 5.57. The Morgan fingerprint density at radius 1 is 1.27 bits per heavy atom. The van der Waals surface area contributed by atoms with Gasteiger partial charge in [-0.25, -0.2) is 4.79 Å². The normalized spacial score (nSPS) is 10.7. The first-order valence-electron chi connectivity index (χ1n) is 4.81. The number of hydrogen-bond donors (Lipinski definition) is 3. The Morgan fingerprint density at radius 3 is 2.87 bits per heavy atom. The van der Waals surface area contributed by atoms with Crippen molar-refractivity contribution in [2.45, 2.75) is 6.42 Å². The van der Waals surface area contributed by atoms with E-state index < -0.39 is 0 Å². The summed E-state index contributed by atoms with van der Waals surface area (Å²) < 4.78 is 0. The highest BCUT2D eigenvalue weighted by atomic mass is 35.5. The number of aromatic amines is 2. The number of hydrogen-bond acceptors (Lipinski definition) is 2. The monoisotopic (exact) mass is 225 g/mol. The molecule has 2 aromatic rings. The Kier molecular flexibility index (Phi) is 2.97. The van der Waals surface area contributed by atoms with Crippen LogP contribution >= 0.6 is 11.6 Å². The van der Waals surface area contributed by atoms with Gasteiger partial charge in [-0.3, -0.25) is 0 Å². The van der Waals surface area contributed by atoms with E-state index in [0.29, 0.717) is 5.88 Å². The standard InChI is InChI=1S/C10H12ClN3O/c11-4-1-5-12-7-2-3-8-9(6-7)14-10(15)13-8/h2-3,6,12H,1,4-5H2,(H2,13,14,15). The SMILES string of the molecule is O=c1[nH]c2ccc(NCCCCl)cc2[nH]1. The molecule has 2 rings (SSSR count). The quantitative estimate of drug-likeness (QED) is 0.550. The fourth-order valence-electron chi connectivity index (χ4n) is 1.44. The van der Waals surface area contributed by atoms with Crippen LogP contribution in [0.3, 0.4) is 0 Å². The predicted molar refractivity (Wildman–Crippen MR) is 62.7 cm³/mol. The Morgan fingerprint density at radius 2 is 2.07 bits per heavy atom. The van der Waals surface area contributed by atoms with Crippen molar-refractivity contribution in [3.05, 3.63) is 28.7 Å². The Labute approximate surface area is 91.7 Å². The molecule has 0 bridgehead atoms. The van der Waals surface area contributed by atoms with Gasteiger partial charge in [-0.2, -0.15) is 0 Å². The van der Waals surface area contributed by atoms with E-state index in [4.69, 9.17) is 11.6 Å². The first-order chi connectivity index (χ1) is 7.29. The van der Waals surface area contributed by atoms with Gasteiger partial charge in [0, 0.05) is 18.1 Å². The lowest BCUT2D eigenvalue weighted by atomic mass is 10.2. The maximum absolute atomic E-state index is 11.0. The summed E-state index contributed by atoms with van der Waals surface area (Å²) in [5.41, 5.74) is 2.45. The van der Waals surface area contributed by atoms with Crippen LogP contribution in [0, 0.1) is 0 Å². The van der Waals surface area contributed by atoms with E-state index in [1.54, 1.807) is 0 Å². The van der Waals surface area contributed by atoms with Gasteiger partial charge in [0.1, 0.15) is 0 Å². The number of aromatic nitrogens is 2. The van der Waals surface area contributed by atoms with Gasteiger partial charge in [0.05, 0.1) is 11.0 Å². The van der Waals surface area contributed by atoms with Crippen molar-refractivity contribution in [3.63, 3.8) is 0 Å². The molecule has 1 heterocycles. The molecule has 0 radical (unpaired) electrons. The Balaban J connectivity index is 2.19. The zero-order valence-electron chi connectivity index (χ0n) is 8.14. The number of alkyl halides is 1. The molecule has 5 heteroatoms. The highest BCUT2D eigenvalue weighted by molar-refractivity contribution is 6.17. The number of imidazole rings is 1. The first kappa shape index (κ1) is 10.1. The van der Waals surface area contributed by atoms with E-state index in [1.807, 2.05) is 18.2 Å². The summed E-state index contributed by atoms with van der Waals surface area (Å²) in [5, 5.41) is 3.23. The number of halogens is 1. The molecule has 1 aromatic carbocycles. The number of rotatable bonds is 4. The summed E-state index contributed by atoms with van der Waals surface area (Å²) in [5.74, 6) is 0.649. The number of benzene rings is 1. The van der Waals surface area contributed by atoms with E-state index in [-0.39, 0.29) is 5.69 Å². The summed E-state index contributed by atoms with van der Waals surface area (Å²) in [7, 11) is 0. The van der Waals surface area contributed by atoms with E-state index in [1.165, 1.54) is 0 Å². The minimum atomic E-state index is -0.178. The maximum Gasteiger partial charge on any atom is 0.323 e. The average molecular weight is 226 g/mol. The van der Waals surface area contributed by atoms with Crippen molar-refractivity contribution in [3.8, 4) is 0 Å². The van der Waals surface area contributed by atoms with Crippen LogP contribution in [0.2, 0.25) is 0 Å². The second kappa shape index (κ2) is 4.40. The number of anilines is 1. The van der Waals surface area contributed by atoms with Gasteiger partial charge in [-0.05, 0) is 24.6 Å². The predicted octanol–water partition coefficient (Wildman–Crippen LogP) is 1.90. The van der Waals surface area contributed by atoms with Crippen LogP contribution in [-0.2, 0) is 0 Å². The third kappa shape index (κ3) is 2.33. The molecule has 0 saturated carbocycles. The molecule has 4 nitrogen and oxygen atoms in total. The van der Waals surface area contributed by atoms with E-state index in [9.17, 15) is 4.79 Å². The van der Waals surface area contributed by atoms with Gasteiger partial charge in [0.2, 0.25) is 0 Å². The second-order valence-corrected chi connectivity index (χ2v) is 3.69. The fourth-order valence-corrected chi connectivity index (χ4v) is 1.58. The summed E-state index contributed by atoms with van der Waals surface area (Å²) in [6.45, 7) is 0.837. The van der Waals surface area contributed by atoms with Crippen molar-refractivity contribution in [1.29, 1.82) is 0 Å². The third-order valence-electron chi connectivity index (χ3n) is 2.16. The highest BCUT2D eigenvalue weighted by Gasteiger charge is 1.98. The summed E-state index contributed by atoms with van der Waals surface area (Å²) in [4.78, 5) is 16.4. The van der Waals surface area contributed by atoms with Gasteiger partial charge >= 0.3 is 5.69 Å². The van der Waals surface area contributed by atoms with E-state index in [2.05, 4.69) is 15.3 Å². The molecule has 15 heavy (non-hydrogen) atoms. The zero-order valence-corrected chi connectivity index (χ0v) is 8.90. The van der Waals surface area contributed by atoms with Crippen molar-refractivity contribution in [2.75, 3.05) is 17.7 Å². The molecule has 0 atom stereocenters. The molecule has 0 unspecified atom stereocenters. The fraction of sp³-hybridized carbons (Fsp3) is 0.300. The molecule has 3 N–H and O–H groups in total. The molecule has 80 valence electrons. The maximum atomic E-state index is 11.0. The van der Waals surface area contributed by atoms with Crippen molar-refractivity contribution < 1.29 is 0 Å². The lowest BCUT2D eigenvalue weighted by Gasteiger charge is -2.04. The van der Waals surface area contributed by atoms with Gasteiger partial charge in [0.25, 0.3) is 0 Å². The number of fused-ring (bicyclic) bond motifs is 1. The van der Waals surface area contributed by atoms with Crippen molar-refractivity contribution >= 4 is 28.3 Å². The topological polar surface area (TPSA) is 60.7 Å². The molecular formula is C10H12ClN3O. The molecule has 0 spiro atoms. The highest BCUT2D eigenvalue weighted by Crippen LogP contribution is 2.14. The number of nitrogens with one attached hydrogen (secondary N) is 3. The number of H-pyrrole nitrogens is 2. The minimum absolute atomic E-state index is 0.178. The molecule has 0 aliphatic carbocycles. The van der Waals surface area contributed by atoms with Crippen LogP contribution in [0.15, 0.2) is 23.0 Å². The van der Waals surface area contributed by atoms with Crippen LogP contribution in [0.1, 0.15) is 6.42 Å². The minimum Gasteiger partial charge on any atom is -0.385 e. The molecule has 0 fully saturated rings. The van der Waals surface area contributed by atoms with Crippen molar-refractivity contribution in [1.82, 2.24) is 9.97 Å². The van der Waals surface area contributed by atoms with Gasteiger partial charge in [-0.1, -0.05) is 0 Å². The van der Waals surface area contributed by atoms with Gasteiger partial charge in [0.15, 0.2) is 0 Å². The molecule has 0 aliphatic rings. The van der Waals surface area contributed by atoms with Crippen LogP contribution in [0.25, 0.3) is 11.0 Å². The van der Waals surface area contributed by atoms with Crippen LogP contribution in [0.4, 0.5) is 5.69 Å². The molecule has 0 saturated heterocycles. The lowest BCUT2D eigenvalue weighted by molar-refractivity contribution is 0.987. The first-order valence-corrected chi connectivity index (χ1v) is 5.35. The average Bonchev–Trinajstić information content (AvgIpc) is 2.57. The molecule has 0 aliphatic heterocycles. The van der Waals surface area contributed by atoms with Crippen LogP contribution < -0.4 is 11.0 Å². The van der Waals surface area contributed by atoms with E-state index in [0.717, 1.165) is 29.7 Å². The zero-order chi connectivity index (χ0) is 10.7. The lowest BCUT2D eigenvalue weighted by Crippen LogP contribution is -2.01. The third-order valence-corrected chi connectivity index (χ3v) is 2.42. The Hall–Kier alpha value is -1.42. The molecule has 1 aromatic heterocycles. The van der Waals surface area contributed by atoms with Crippen molar-refractivity contribution in [2.24, 2.45) is 0 Å². The second-order valence-electron chi connectivity index (χ2n) is 3.31. The Bertz CT molecular complexity index is 503. The van der Waals surface area contributed by atoms with Gasteiger partial charge in [-0.15, -0.1) is 11.6 Å². The van der Waals surface area contributed by atoms with Crippen LogP contribution in [0.5, 0.6) is 0 Å². The molecule has 0 amide bonds. The summed E-state index contributed by atoms with van der Waals surface area (Å²) in [6.07, 6.45) is 0.920. The summed E-state index contributed by atoms with van der Waals surface area (Å²) in [6, 6.07) is 5.71. The van der Waals surface area contributed by atoms with Gasteiger partial charge < -0.3 is 15.3 Å². The largest absolute Gasteiger partial charge is 0.385 e. The smallest absolute Gasteiger partial charge is 0.323 e. The molecular weight excluding hydrogens is 214 g/mol. The van der Waals surface area contributed by atoms with E-state index >= 15 is 0 Å². The van der Waals surface area contributed by atoms with Crippen LogP contribution in [-0.4, -0.2) is 22.4 Å².